The van der Waals surface area contributed by atoms with Crippen LogP contribution in [0.15, 0.2) is 18.2 Å². The van der Waals surface area contributed by atoms with E-state index in [4.69, 9.17) is 4.74 Å². The van der Waals surface area contributed by atoms with E-state index in [-0.39, 0.29) is 5.75 Å². The highest BCUT2D eigenvalue weighted by Gasteiger charge is 2.25. The summed E-state index contributed by atoms with van der Waals surface area (Å²) in [6.45, 7) is 7.36. The molecule has 1 heterocycles. The molecule has 100 valence electrons. The predicted molar refractivity (Wildman–Crippen MR) is 73.2 cm³/mol. The molecule has 3 heteroatoms. The van der Waals surface area contributed by atoms with Gasteiger partial charge in [0.15, 0.2) is 11.5 Å². The maximum absolute atomic E-state index is 9.75. The normalized spacial score (nSPS) is 18.5. The Morgan fingerprint density at radius 3 is 2.67 bits per heavy atom. The van der Waals surface area contributed by atoms with Crippen LogP contribution in [0.5, 0.6) is 11.5 Å². The lowest BCUT2D eigenvalue weighted by atomic mass is 10.0. The number of benzene rings is 1. The van der Waals surface area contributed by atoms with Crippen LogP contribution in [0, 0.1) is 0 Å². The second-order valence-electron chi connectivity index (χ2n) is 4.97. The fourth-order valence-corrected chi connectivity index (χ4v) is 2.68. The van der Waals surface area contributed by atoms with Crippen molar-refractivity contribution in [3.8, 4) is 11.5 Å². The van der Waals surface area contributed by atoms with Crippen LogP contribution in [0.3, 0.4) is 0 Å². The van der Waals surface area contributed by atoms with Crippen molar-refractivity contribution in [3.05, 3.63) is 23.8 Å². The summed E-state index contributed by atoms with van der Waals surface area (Å²) in [5.74, 6) is 0.949. The van der Waals surface area contributed by atoms with E-state index in [1.165, 1.54) is 12.8 Å². The molecule has 1 aromatic rings. The van der Waals surface area contributed by atoms with Crippen LogP contribution >= 0.6 is 0 Å². The van der Waals surface area contributed by atoms with Gasteiger partial charge in [-0.2, -0.15) is 0 Å². The summed E-state index contributed by atoms with van der Waals surface area (Å²) in [4.78, 5) is 2.51. The molecule has 0 radical (unpaired) electrons. The average Bonchev–Trinajstić information content (AvgIpc) is 2.38. The van der Waals surface area contributed by atoms with Crippen molar-refractivity contribution in [1.29, 1.82) is 0 Å². The SMILES string of the molecule is CCCN(CCC)[C@@H]1COc2c(O)cccc2C1. The number of para-hydroxylation sites is 1. The lowest BCUT2D eigenvalue weighted by molar-refractivity contribution is 0.116. The molecule has 0 bridgehead atoms. The van der Waals surface area contributed by atoms with Gasteiger partial charge >= 0.3 is 0 Å². The number of phenolic OH excluding ortho intramolecular Hbond substituents is 1. The molecule has 0 fully saturated rings. The van der Waals surface area contributed by atoms with E-state index in [1.54, 1.807) is 6.07 Å². The quantitative estimate of drug-likeness (QED) is 0.871. The van der Waals surface area contributed by atoms with Crippen molar-refractivity contribution in [2.24, 2.45) is 0 Å². The van der Waals surface area contributed by atoms with Crippen molar-refractivity contribution in [2.75, 3.05) is 19.7 Å². The average molecular weight is 249 g/mol. The second-order valence-corrected chi connectivity index (χ2v) is 4.97. The molecule has 0 unspecified atom stereocenters. The van der Waals surface area contributed by atoms with Gasteiger partial charge in [-0.1, -0.05) is 26.0 Å². The van der Waals surface area contributed by atoms with E-state index < -0.39 is 0 Å². The molecule has 1 aliphatic heterocycles. The van der Waals surface area contributed by atoms with Crippen molar-refractivity contribution in [2.45, 2.75) is 39.2 Å². The summed E-state index contributed by atoms with van der Waals surface area (Å²) in [5.41, 5.74) is 1.13. The number of rotatable bonds is 5. The van der Waals surface area contributed by atoms with Crippen molar-refractivity contribution in [1.82, 2.24) is 4.90 Å². The van der Waals surface area contributed by atoms with Gasteiger partial charge in [0.1, 0.15) is 6.61 Å². The molecule has 0 spiro atoms. The minimum absolute atomic E-state index is 0.267. The summed E-state index contributed by atoms with van der Waals surface area (Å²) in [6.07, 6.45) is 3.32. The van der Waals surface area contributed by atoms with Crippen LogP contribution in [0.1, 0.15) is 32.3 Å². The monoisotopic (exact) mass is 249 g/mol. The Morgan fingerprint density at radius 2 is 2.00 bits per heavy atom. The molecule has 1 N–H and O–H groups in total. The van der Waals surface area contributed by atoms with Crippen LogP contribution in [0.4, 0.5) is 0 Å². The number of nitrogens with zero attached hydrogens (tertiary/aromatic N) is 1. The van der Waals surface area contributed by atoms with Crippen molar-refractivity contribution < 1.29 is 9.84 Å². The zero-order chi connectivity index (χ0) is 13.0. The minimum Gasteiger partial charge on any atom is -0.504 e. The van der Waals surface area contributed by atoms with Gasteiger partial charge < -0.3 is 9.84 Å². The molecule has 0 saturated carbocycles. The zero-order valence-corrected chi connectivity index (χ0v) is 11.4. The number of hydrogen-bond donors (Lipinski definition) is 1. The van der Waals surface area contributed by atoms with E-state index in [9.17, 15) is 5.11 Å². The van der Waals surface area contributed by atoms with Gasteiger partial charge in [-0.05, 0) is 44.0 Å². The highest BCUT2D eigenvalue weighted by Crippen LogP contribution is 2.34. The van der Waals surface area contributed by atoms with Crippen LogP contribution in [0.2, 0.25) is 0 Å². The highest BCUT2D eigenvalue weighted by molar-refractivity contribution is 5.47. The first kappa shape index (κ1) is 13.2. The fraction of sp³-hybridized carbons (Fsp3) is 0.600. The number of ether oxygens (including phenoxy) is 1. The Hall–Kier alpha value is -1.22. The molecule has 2 rings (SSSR count). The Labute approximate surface area is 109 Å². The second kappa shape index (κ2) is 6.10. The third kappa shape index (κ3) is 2.78. The molecule has 0 amide bonds. The van der Waals surface area contributed by atoms with Gasteiger partial charge in [-0.15, -0.1) is 0 Å². The first-order chi connectivity index (χ1) is 8.76. The molecule has 1 aromatic carbocycles. The molecule has 0 aromatic heterocycles. The number of fused-ring (bicyclic) bond motifs is 1. The van der Waals surface area contributed by atoms with Gasteiger partial charge in [-0.25, -0.2) is 0 Å². The molecule has 3 nitrogen and oxygen atoms in total. The number of aromatic hydroxyl groups is 1. The third-order valence-corrected chi connectivity index (χ3v) is 3.49. The van der Waals surface area contributed by atoms with Gasteiger partial charge in [0, 0.05) is 6.04 Å². The first-order valence-electron chi connectivity index (χ1n) is 6.94. The Bertz CT molecular complexity index is 386. The zero-order valence-electron chi connectivity index (χ0n) is 11.4. The minimum atomic E-state index is 0.267. The van der Waals surface area contributed by atoms with Crippen LogP contribution in [0.25, 0.3) is 0 Å². The smallest absolute Gasteiger partial charge is 0.164 e. The Kier molecular flexibility index (Phi) is 4.48. The van der Waals surface area contributed by atoms with Crippen LogP contribution < -0.4 is 4.74 Å². The number of hydrogen-bond acceptors (Lipinski definition) is 3. The summed E-state index contributed by atoms with van der Waals surface area (Å²) in [7, 11) is 0. The highest BCUT2D eigenvalue weighted by atomic mass is 16.5. The molecule has 18 heavy (non-hydrogen) atoms. The summed E-state index contributed by atoms with van der Waals surface area (Å²) in [6, 6.07) is 6.08. The van der Waals surface area contributed by atoms with E-state index in [0.29, 0.717) is 18.4 Å². The molecular formula is C15H23NO2. The maximum Gasteiger partial charge on any atom is 0.164 e. The van der Waals surface area contributed by atoms with Gasteiger partial charge in [0.2, 0.25) is 0 Å². The topological polar surface area (TPSA) is 32.7 Å². The largest absolute Gasteiger partial charge is 0.504 e. The van der Waals surface area contributed by atoms with Gasteiger partial charge in [-0.3, -0.25) is 4.90 Å². The van der Waals surface area contributed by atoms with Crippen LogP contribution in [-0.4, -0.2) is 35.7 Å². The van der Waals surface area contributed by atoms with E-state index in [0.717, 1.165) is 25.1 Å². The molecule has 1 aliphatic rings. The Balaban J connectivity index is 2.10. The third-order valence-electron chi connectivity index (χ3n) is 3.49. The van der Waals surface area contributed by atoms with E-state index in [2.05, 4.69) is 24.8 Å². The first-order valence-corrected chi connectivity index (χ1v) is 6.94. The lowest BCUT2D eigenvalue weighted by Gasteiger charge is -2.35. The fourth-order valence-electron chi connectivity index (χ4n) is 2.68. The predicted octanol–water partition coefficient (Wildman–Crippen LogP) is 2.82. The summed E-state index contributed by atoms with van der Waals surface area (Å²) in [5, 5.41) is 9.75. The maximum atomic E-state index is 9.75. The van der Waals surface area contributed by atoms with E-state index >= 15 is 0 Å². The summed E-state index contributed by atoms with van der Waals surface area (Å²) < 4.78 is 5.75. The van der Waals surface area contributed by atoms with E-state index in [1.807, 2.05) is 6.07 Å². The van der Waals surface area contributed by atoms with Gasteiger partial charge in [0.25, 0.3) is 0 Å². The molecule has 0 aliphatic carbocycles. The van der Waals surface area contributed by atoms with Crippen molar-refractivity contribution >= 4 is 0 Å². The number of phenols is 1. The Morgan fingerprint density at radius 1 is 1.28 bits per heavy atom. The standard InChI is InChI=1S/C15H23NO2/c1-3-8-16(9-4-2)13-10-12-6-5-7-14(17)15(12)18-11-13/h5-7,13,17H,3-4,8-11H2,1-2H3/t13-/m0/s1. The van der Waals surface area contributed by atoms with Crippen molar-refractivity contribution in [3.63, 3.8) is 0 Å². The van der Waals surface area contributed by atoms with Crippen LogP contribution in [-0.2, 0) is 6.42 Å². The molecular weight excluding hydrogens is 226 g/mol. The lowest BCUT2D eigenvalue weighted by Crippen LogP contribution is -2.43. The summed E-state index contributed by atoms with van der Waals surface area (Å²) >= 11 is 0. The van der Waals surface area contributed by atoms with Gasteiger partial charge in [0.05, 0.1) is 0 Å². The molecule has 1 atom stereocenters. The molecule has 0 saturated heterocycles.